The first kappa shape index (κ1) is 32.0. The molecule has 0 atom stereocenters. The molecule has 0 radical (unpaired) electrons. The van der Waals surface area contributed by atoms with Crippen molar-refractivity contribution in [2.45, 2.75) is 0 Å². The Morgan fingerprint density at radius 3 is 1.43 bits per heavy atom. The second-order valence-electron chi connectivity index (χ2n) is 13.6. The zero-order valence-electron chi connectivity index (χ0n) is 29.8. The molecule has 0 N–H and O–H groups in total. The molecule has 0 aliphatic carbocycles. The van der Waals surface area contributed by atoms with E-state index in [1.807, 2.05) is 85.1 Å². The molecular weight excluding hydrogens is 707 g/mol. The Labute approximate surface area is 325 Å². The van der Waals surface area contributed by atoms with Crippen molar-refractivity contribution in [1.29, 1.82) is 0 Å². The molecule has 0 spiro atoms. The van der Waals surface area contributed by atoms with Crippen molar-refractivity contribution in [3.8, 4) is 62.5 Å². The highest BCUT2D eigenvalue weighted by molar-refractivity contribution is 7.25. The molecule has 7 nitrogen and oxygen atoms in total. The zero-order chi connectivity index (χ0) is 37.0. The van der Waals surface area contributed by atoms with Crippen LogP contribution in [0.3, 0.4) is 0 Å². The summed E-state index contributed by atoms with van der Waals surface area (Å²) in [5.41, 5.74) is 9.84. The van der Waals surface area contributed by atoms with Gasteiger partial charge in [0.15, 0.2) is 23.3 Å². The fourth-order valence-electron chi connectivity index (χ4n) is 7.48. The molecule has 0 bridgehead atoms. The van der Waals surface area contributed by atoms with Gasteiger partial charge in [0.1, 0.15) is 4.83 Å². The standard InChI is InChI=1S/C48H29N7S/c1-3-12-30(13-4-1)41-43-42(38-18-11-29-49-48(38)56-43)51-44(50-41)32-21-23-33(24-22-32)46-52-45(31-14-5-2-6-15-31)53-47(54-46)34-25-27-35(28-26-34)55-39-19-9-7-16-36(39)37-17-8-10-20-40(37)55/h1-29H. The summed E-state index contributed by atoms with van der Waals surface area (Å²) >= 11 is 1.63. The van der Waals surface area contributed by atoms with Crippen molar-refractivity contribution in [3.63, 3.8) is 0 Å². The van der Waals surface area contributed by atoms with Gasteiger partial charge in [-0.05, 0) is 48.5 Å². The Morgan fingerprint density at radius 1 is 0.375 bits per heavy atom. The lowest BCUT2D eigenvalue weighted by Gasteiger charge is -2.11. The van der Waals surface area contributed by atoms with Crippen LogP contribution in [0.2, 0.25) is 0 Å². The average Bonchev–Trinajstić information content (AvgIpc) is 3.83. The third kappa shape index (κ3) is 5.42. The molecule has 8 heteroatoms. The Kier molecular flexibility index (Phi) is 7.53. The third-order valence-corrected chi connectivity index (χ3v) is 11.3. The molecule has 0 saturated carbocycles. The van der Waals surface area contributed by atoms with E-state index >= 15 is 0 Å². The molecule has 11 aromatic rings. The number of rotatable bonds is 6. The van der Waals surface area contributed by atoms with Crippen LogP contribution in [0.5, 0.6) is 0 Å². The maximum Gasteiger partial charge on any atom is 0.164 e. The lowest BCUT2D eigenvalue weighted by Crippen LogP contribution is -2.01. The number of benzene rings is 6. The molecule has 6 aromatic carbocycles. The number of fused-ring (bicyclic) bond motifs is 6. The van der Waals surface area contributed by atoms with Crippen LogP contribution in [-0.2, 0) is 0 Å². The van der Waals surface area contributed by atoms with Gasteiger partial charge in [0.2, 0.25) is 0 Å². The van der Waals surface area contributed by atoms with E-state index in [-0.39, 0.29) is 0 Å². The molecule has 0 aliphatic heterocycles. The number of aromatic nitrogens is 7. The fraction of sp³-hybridized carbons (Fsp3) is 0. The van der Waals surface area contributed by atoms with Crippen LogP contribution in [0.15, 0.2) is 176 Å². The van der Waals surface area contributed by atoms with Gasteiger partial charge in [-0.25, -0.2) is 29.9 Å². The van der Waals surface area contributed by atoms with Crippen LogP contribution in [-0.4, -0.2) is 34.5 Å². The number of hydrogen-bond acceptors (Lipinski definition) is 7. The summed E-state index contributed by atoms with van der Waals surface area (Å²) in [6.45, 7) is 0. The maximum atomic E-state index is 5.13. The number of para-hydroxylation sites is 2. The zero-order valence-corrected chi connectivity index (χ0v) is 30.6. The predicted molar refractivity (Wildman–Crippen MR) is 228 cm³/mol. The molecule has 5 aromatic heterocycles. The quantitative estimate of drug-likeness (QED) is 0.169. The Balaban J connectivity index is 0.999. The highest BCUT2D eigenvalue weighted by Crippen LogP contribution is 2.39. The van der Waals surface area contributed by atoms with Gasteiger partial charge < -0.3 is 4.57 Å². The van der Waals surface area contributed by atoms with E-state index in [4.69, 9.17) is 24.9 Å². The van der Waals surface area contributed by atoms with Gasteiger partial charge >= 0.3 is 0 Å². The van der Waals surface area contributed by atoms with Gasteiger partial charge in [0, 0.05) is 55.9 Å². The first-order valence-corrected chi connectivity index (χ1v) is 19.2. The second kappa shape index (κ2) is 13.2. The summed E-state index contributed by atoms with van der Waals surface area (Å²) in [7, 11) is 0. The Hall–Kier alpha value is -7.42. The normalized spacial score (nSPS) is 11.6. The summed E-state index contributed by atoms with van der Waals surface area (Å²) in [6.07, 6.45) is 1.82. The third-order valence-electron chi connectivity index (χ3n) is 10.2. The van der Waals surface area contributed by atoms with Crippen LogP contribution in [0.1, 0.15) is 0 Å². The van der Waals surface area contributed by atoms with E-state index in [1.165, 1.54) is 21.8 Å². The molecule has 262 valence electrons. The van der Waals surface area contributed by atoms with Crippen molar-refractivity contribution in [1.82, 2.24) is 34.5 Å². The maximum absolute atomic E-state index is 5.13. The van der Waals surface area contributed by atoms with E-state index < -0.39 is 0 Å². The number of nitrogens with zero attached hydrogens (tertiary/aromatic N) is 7. The molecule has 56 heavy (non-hydrogen) atoms. The molecule has 0 aliphatic rings. The minimum absolute atomic E-state index is 0.586. The predicted octanol–water partition coefficient (Wildman–Crippen LogP) is 11.9. The Morgan fingerprint density at radius 2 is 0.839 bits per heavy atom. The topological polar surface area (TPSA) is 82.3 Å². The summed E-state index contributed by atoms with van der Waals surface area (Å²) in [5, 5.41) is 3.49. The largest absolute Gasteiger partial charge is 0.309 e. The number of pyridine rings is 1. The van der Waals surface area contributed by atoms with Gasteiger partial charge in [0.25, 0.3) is 0 Å². The highest BCUT2D eigenvalue weighted by Gasteiger charge is 2.18. The molecule has 0 saturated heterocycles. The van der Waals surface area contributed by atoms with Gasteiger partial charge in [-0.3, -0.25) is 0 Å². The smallest absolute Gasteiger partial charge is 0.164 e. The van der Waals surface area contributed by atoms with E-state index in [9.17, 15) is 0 Å². The SMILES string of the molecule is c1ccc(-c2nc(-c3ccc(-c4nc(-c5ccccc5)c5sc6ncccc6c5n4)cc3)nc(-c3ccc(-n4c5ccccc5c5ccccc54)cc3)n2)cc1. The minimum atomic E-state index is 0.586. The van der Waals surface area contributed by atoms with Crippen LogP contribution in [0.4, 0.5) is 0 Å². The van der Waals surface area contributed by atoms with Gasteiger partial charge in [-0.15, -0.1) is 11.3 Å². The second-order valence-corrected chi connectivity index (χ2v) is 14.6. The molecule has 5 heterocycles. The van der Waals surface area contributed by atoms with Crippen molar-refractivity contribution in [3.05, 3.63) is 176 Å². The van der Waals surface area contributed by atoms with Gasteiger partial charge in [0.05, 0.1) is 26.9 Å². The summed E-state index contributed by atoms with van der Waals surface area (Å²) in [6, 6.07) is 58.1. The van der Waals surface area contributed by atoms with Gasteiger partial charge in [-0.2, -0.15) is 0 Å². The number of thiophene rings is 1. The fourth-order valence-corrected chi connectivity index (χ4v) is 8.57. The minimum Gasteiger partial charge on any atom is -0.309 e. The molecule has 0 amide bonds. The lowest BCUT2D eigenvalue weighted by atomic mass is 10.1. The average molecular weight is 736 g/mol. The van der Waals surface area contributed by atoms with Gasteiger partial charge in [-0.1, -0.05) is 121 Å². The summed E-state index contributed by atoms with van der Waals surface area (Å²) < 4.78 is 3.34. The van der Waals surface area contributed by atoms with E-state index in [2.05, 4.69) is 101 Å². The molecule has 0 unspecified atom stereocenters. The van der Waals surface area contributed by atoms with Crippen molar-refractivity contribution in [2.75, 3.05) is 0 Å². The first-order valence-electron chi connectivity index (χ1n) is 18.4. The van der Waals surface area contributed by atoms with E-state index in [0.29, 0.717) is 23.3 Å². The Bertz CT molecular complexity index is 3180. The van der Waals surface area contributed by atoms with Crippen LogP contribution >= 0.6 is 11.3 Å². The van der Waals surface area contributed by atoms with Crippen LogP contribution in [0, 0.1) is 0 Å². The van der Waals surface area contributed by atoms with Crippen molar-refractivity contribution < 1.29 is 0 Å². The van der Waals surface area contributed by atoms with Crippen LogP contribution < -0.4 is 0 Å². The lowest BCUT2D eigenvalue weighted by molar-refractivity contribution is 1.07. The van der Waals surface area contributed by atoms with E-state index in [1.54, 1.807) is 11.3 Å². The first-order chi connectivity index (χ1) is 27.7. The highest BCUT2D eigenvalue weighted by atomic mass is 32.1. The summed E-state index contributed by atoms with van der Waals surface area (Å²) in [4.78, 5) is 30.8. The summed E-state index contributed by atoms with van der Waals surface area (Å²) in [5.74, 6) is 2.45. The molecular formula is C48H29N7S. The van der Waals surface area contributed by atoms with Crippen LogP contribution in [0.25, 0.3) is 105 Å². The monoisotopic (exact) mass is 735 g/mol. The molecule has 0 fully saturated rings. The van der Waals surface area contributed by atoms with Crippen molar-refractivity contribution in [2.24, 2.45) is 0 Å². The van der Waals surface area contributed by atoms with E-state index in [0.717, 1.165) is 59.6 Å². The number of hydrogen-bond donors (Lipinski definition) is 0. The molecule has 11 rings (SSSR count). The van der Waals surface area contributed by atoms with Crippen molar-refractivity contribution >= 4 is 53.6 Å².